The first-order valence-corrected chi connectivity index (χ1v) is 6.31. The first-order valence-electron chi connectivity index (χ1n) is 6.31. The van der Waals surface area contributed by atoms with Gasteiger partial charge in [0.05, 0.1) is 7.11 Å². The molecule has 0 fully saturated rings. The third kappa shape index (κ3) is 2.91. The molecule has 1 aliphatic carbocycles. The molecule has 2 rings (SSSR count). The van der Waals surface area contributed by atoms with Gasteiger partial charge in [-0.05, 0) is 42.9 Å². The Labute approximate surface area is 104 Å². The SMILES string of the molecule is COc1cccc(C2C=C(C)CC(C)(C)C2)c1. The summed E-state index contributed by atoms with van der Waals surface area (Å²) < 4.78 is 5.30. The zero-order chi connectivity index (χ0) is 12.5. The van der Waals surface area contributed by atoms with E-state index in [9.17, 15) is 0 Å². The standard InChI is InChI=1S/C16H22O/c1-12-8-14(11-16(2,3)10-12)13-6-5-7-15(9-13)17-4/h5-9,14H,10-11H2,1-4H3. The summed E-state index contributed by atoms with van der Waals surface area (Å²) in [5, 5.41) is 0. The van der Waals surface area contributed by atoms with Gasteiger partial charge in [-0.15, -0.1) is 0 Å². The second-order valence-electron chi connectivity index (χ2n) is 5.94. The molecule has 0 aromatic heterocycles. The third-order valence-corrected chi connectivity index (χ3v) is 3.54. The van der Waals surface area contributed by atoms with Crippen LogP contribution in [0.4, 0.5) is 0 Å². The molecule has 0 saturated carbocycles. The van der Waals surface area contributed by atoms with E-state index < -0.39 is 0 Å². The van der Waals surface area contributed by atoms with E-state index >= 15 is 0 Å². The van der Waals surface area contributed by atoms with E-state index in [-0.39, 0.29) is 0 Å². The predicted molar refractivity (Wildman–Crippen MR) is 72.5 cm³/mol. The summed E-state index contributed by atoms with van der Waals surface area (Å²) in [6.45, 7) is 6.96. The lowest BCUT2D eigenvalue weighted by atomic mass is 9.71. The van der Waals surface area contributed by atoms with Crippen molar-refractivity contribution < 1.29 is 4.74 Å². The number of ether oxygens (including phenoxy) is 1. The van der Waals surface area contributed by atoms with Gasteiger partial charge in [0.1, 0.15) is 5.75 Å². The zero-order valence-electron chi connectivity index (χ0n) is 11.3. The maximum absolute atomic E-state index is 5.30. The molecule has 1 aromatic rings. The predicted octanol–water partition coefficient (Wildman–Crippen LogP) is 4.55. The highest BCUT2D eigenvalue weighted by atomic mass is 16.5. The molecule has 0 bridgehead atoms. The molecule has 0 spiro atoms. The number of methoxy groups -OCH3 is 1. The fourth-order valence-electron chi connectivity index (χ4n) is 2.97. The topological polar surface area (TPSA) is 9.23 Å². The summed E-state index contributed by atoms with van der Waals surface area (Å²) in [5.41, 5.74) is 3.29. The minimum absolute atomic E-state index is 0.409. The first kappa shape index (κ1) is 12.2. The quantitative estimate of drug-likeness (QED) is 0.677. The van der Waals surface area contributed by atoms with Crippen LogP contribution in [0.3, 0.4) is 0 Å². The van der Waals surface area contributed by atoms with Crippen LogP contribution in [-0.2, 0) is 0 Å². The minimum atomic E-state index is 0.409. The minimum Gasteiger partial charge on any atom is -0.497 e. The Kier molecular flexibility index (Phi) is 3.28. The van der Waals surface area contributed by atoms with Crippen molar-refractivity contribution in [2.24, 2.45) is 5.41 Å². The molecule has 0 heterocycles. The van der Waals surface area contributed by atoms with Crippen LogP contribution >= 0.6 is 0 Å². The number of allylic oxidation sites excluding steroid dienone is 2. The van der Waals surface area contributed by atoms with E-state index in [4.69, 9.17) is 4.74 Å². The van der Waals surface area contributed by atoms with E-state index in [1.807, 2.05) is 6.07 Å². The number of hydrogen-bond donors (Lipinski definition) is 0. The van der Waals surface area contributed by atoms with Crippen molar-refractivity contribution in [1.82, 2.24) is 0 Å². The van der Waals surface area contributed by atoms with Crippen molar-refractivity contribution in [3.63, 3.8) is 0 Å². The van der Waals surface area contributed by atoms with Gasteiger partial charge >= 0.3 is 0 Å². The van der Waals surface area contributed by atoms with Crippen molar-refractivity contribution in [2.75, 3.05) is 7.11 Å². The Bertz CT molecular complexity index is 429. The van der Waals surface area contributed by atoms with Gasteiger partial charge in [-0.1, -0.05) is 37.6 Å². The van der Waals surface area contributed by atoms with Gasteiger partial charge in [-0.3, -0.25) is 0 Å². The smallest absolute Gasteiger partial charge is 0.119 e. The van der Waals surface area contributed by atoms with E-state index in [2.05, 4.69) is 45.0 Å². The highest BCUT2D eigenvalue weighted by Crippen LogP contribution is 2.42. The van der Waals surface area contributed by atoms with Crippen molar-refractivity contribution in [3.8, 4) is 5.75 Å². The molecule has 1 aliphatic rings. The highest BCUT2D eigenvalue weighted by molar-refractivity contribution is 5.34. The van der Waals surface area contributed by atoms with Crippen LogP contribution in [0.2, 0.25) is 0 Å². The van der Waals surface area contributed by atoms with Crippen LogP contribution < -0.4 is 4.74 Å². The van der Waals surface area contributed by atoms with Crippen LogP contribution in [-0.4, -0.2) is 7.11 Å². The third-order valence-electron chi connectivity index (χ3n) is 3.54. The largest absolute Gasteiger partial charge is 0.497 e. The molecule has 92 valence electrons. The Morgan fingerprint density at radius 2 is 2.06 bits per heavy atom. The lowest BCUT2D eigenvalue weighted by Gasteiger charge is -2.34. The van der Waals surface area contributed by atoms with E-state index in [0.29, 0.717) is 11.3 Å². The van der Waals surface area contributed by atoms with Crippen molar-refractivity contribution >= 4 is 0 Å². The summed E-state index contributed by atoms with van der Waals surface area (Å²) >= 11 is 0. The molecule has 1 unspecified atom stereocenters. The second kappa shape index (κ2) is 4.56. The average molecular weight is 230 g/mol. The lowest BCUT2D eigenvalue weighted by Crippen LogP contribution is -2.20. The maximum Gasteiger partial charge on any atom is 0.119 e. The first-order chi connectivity index (χ1) is 8.00. The fourth-order valence-corrected chi connectivity index (χ4v) is 2.97. The summed E-state index contributed by atoms with van der Waals surface area (Å²) in [6.07, 6.45) is 4.85. The zero-order valence-corrected chi connectivity index (χ0v) is 11.3. The summed E-state index contributed by atoms with van der Waals surface area (Å²) in [7, 11) is 1.73. The summed E-state index contributed by atoms with van der Waals surface area (Å²) in [5.74, 6) is 1.49. The van der Waals surface area contributed by atoms with Crippen LogP contribution in [0.1, 0.15) is 45.1 Å². The fraction of sp³-hybridized carbons (Fsp3) is 0.500. The molecule has 0 N–H and O–H groups in total. The van der Waals surface area contributed by atoms with Gasteiger partial charge in [-0.2, -0.15) is 0 Å². The Morgan fingerprint density at radius 1 is 1.29 bits per heavy atom. The van der Waals surface area contributed by atoms with E-state index in [1.54, 1.807) is 7.11 Å². The Balaban J connectivity index is 2.30. The molecule has 1 aromatic carbocycles. The normalized spacial score (nSPS) is 23.1. The number of hydrogen-bond acceptors (Lipinski definition) is 1. The Hall–Kier alpha value is -1.24. The average Bonchev–Trinajstić information content (AvgIpc) is 2.26. The molecule has 0 amide bonds. The van der Waals surface area contributed by atoms with Crippen LogP contribution in [0.5, 0.6) is 5.75 Å². The molecule has 1 heteroatoms. The van der Waals surface area contributed by atoms with E-state index in [0.717, 1.165) is 5.75 Å². The highest BCUT2D eigenvalue weighted by Gasteiger charge is 2.27. The second-order valence-corrected chi connectivity index (χ2v) is 5.94. The van der Waals surface area contributed by atoms with Crippen molar-refractivity contribution in [3.05, 3.63) is 41.5 Å². The number of benzene rings is 1. The molecule has 1 nitrogen and oxygen atoms in total. The Morgan fingerprint density at radius 3 is 2.71 bits per heavy atom. The van der Waals surface area contributed by atoms with Crippen molar-refractivity contribution in [2.45, 2.75) is 39.5 Å². The molecular formula is C16H22O. The van der Waals surface area contributed by atoms with Gasteiger partial charge in [0.15, 0.2) is 0 Å². The molecule has 0 saturated heterocycles. The van der Waals surface area contributed by atoms with Crippen LogP contribution in [0.25, 0.3) is 0 Å². The molecular weight excluding hydrogens is 208 g/mol. The number of rotatable bonds is 2. The summed E-state index contributed by atoms with van der Waals surface area (Å²) in [6, 6.07) is 8.46. The maximum atomic E-state index is 5.30. The van der Waals surface area contributed by atoms with Gasteiger partial charge in [0, 0.05) is 5.92 Å². The molecule has 17 heavy (non-hydrogen) atoms. The van der Waals surface area contributed by atoms with Crippen LogP contribution in [0, 0.1) is 5.41 Å². The molecule has 1 atom stereocenters. The van der Waals surface area contributed by atoms with Gasteiger partial charge in [0.25, 0.3) is 0 Å². The lowest BCUT2D eigenvalue weighted by molar-refractivity contribution is 0.301. The summed E-state index contributed by atoms with van der Waals surface area (Å²) in [4.78, 5) is 0. The molecule has 0 aliphatic heterocycles. The molecule has 0 radical (unpaired) electrons. The van der Waals surface area contributed by atoms with Gasteiger partial charge in [-0.25, -0.2) is 0 Å². The van der Waals surface area contributed by atoms with Gasteiger partial charge in [0.2, 0.25) is 0 Å². The van der Waals surface area contributed by atoms with Crippen molar-refractivity contribution in [1.29, 1.82) is 0 Å². The van der Waals surface area contributed by atoms with Crippen LogP contribution in [0.15, 0.2) is 35.9 Å². The van der Waals surface area contributed by atoms with Gasteiger partial charge < -0.3 is 4.74 Å². The monoisotopic (exact) mass is 230 g/mol. The van der Waals surface area contributed by atoms with E-state index in [1.165, 1.54) is 24.0 Å².